The molecule has 0 fully saturated rings. The van der Waals surface area contributed by atoms with Crippen LogP contribution in [0.15, 0.2) is 6.07 Å². The molecule has 0 radical (unpaired) electrons. The van der Waals surface area contributed by atoms with Gasteiger partial charge in [0.05, 0.1) is 19.6 Å². The number of pyridine rings is 1. The lowest BCUT2D eigenvalue weighted by Gasteiger charge is -2.09. The molecule has 0 aliphatic rings. The van der Waals surface area contributed by atoms with Gasteiger partial charge in [0.25, 0.3) is 6.43 Å². The molecule has 80 valence electrons. The molecule has 0 N–H and O–H groups in total. The second kappa shape index (κ2) is 4.69. The first-order valence-electron chi connectivity index (χ1n) is 4.29. The SMILES string of the molecule is COc1nc(C(F)F)c(CC#N)cc1C. The molecule has 0 spiro atoms. The molecule has 0 aliphatic heterocycles. The lowest BCUT2D eigenvalue weighted by molar-refractivity contribution is 0.144. The van der Waals surface area contributed by atoms with Crippen molar-refractivity contribution < 1.29 is 13.5 Å². The van der Waals surface area contributed by atoms with Gasteiger partial charge in [0, 0.05) is 5.56 Å². The molecule has 0 saturated carbocycles. The fourth-order valence-electron chi connectivity index (χ4n) is 1.29. The number of nitrogens with zero attached hydrogens (tertiary/aromatic N) is 2. The van der Waals surface area contributed by atoms with E-state index in [-0.39, 0.29) is 23.6 Å². The second-order valence-corrected chi connectivity index (χ2v) is 2.99. The highest BCUT2D eigenvalue weighted by Crippen LogP contribution is 2.26. The summed E-state index contributed by atoms with van der Waals surface area (Å²) in [5.74, 6) is 0.173. The van der Waals surface area contributed by atoms with Gasteiger partial charge in [-0.2, -0.15) is 5.26 Å². The van der Waals surface area contributed by atoms with Crippen LogP contribution in [-0.2, 0) is 6.42 Å². The average molecular weight is 212 g/mol. The Balaban J connectivity index is 3.26. The zero-order chi connectivity index (χ0) is 11.4. The van der Waals surface area contributed by atoms with E-state index in [0.717, 1.165) is 0 Å². The van der Waals surface area contributed by atoms with E-state index in [1.807, 2.05) is 6.07 Å². The van der Waals surface area contributed by atoms with Crippen molar-refractivity contribution in [1.82, 2.24) is 4.98 Å². The molecule has 0 saturated heterocycles. The molecule has 15 heavy (non-hydrogen) atoms. The van der Waals surface area contributed by atoms with Crippen molar-refractivity contribution in [2.75, 3.05) is 7.11 Å². The van der Waals surface area contributed by atoms with Crippen molar-refractivity contribution in [2.24, 2.45) is 0 Å². The zero-order valence-corrected chi connectivity index (χ0v) is 8.42. The first-order chi connectivity index (χ1) is 7.10. The molecule has 0 unspecified atom stereocenters. The predicted octanol–water partition coefficient (Wildman–Crippen LogP) is 2.40. The predicted molar refractivity (Wildman–Crippen MR) is 49.8 cm³/mol. The highest BCUT2D eigenvalue weighted by Gasteiger charge is 2.17. The first kappa shape index (κ1) is 11.4. The highest BCUT2D eigenvalue weighted by atomic mass is 19.3. The van der Waals surface area contributed by atoms with E-state index in [4.69, 9.17) is 10.00 Å². The summed E-state index contributed by atoms with van der Waals surface area (Å²) in [6.07, 6.45) is -2.76. The molecule has 0 aromatic carbocycles. The number of rotatable bonds is 3. The smallest absolute Gasteiger partial charge is 0.280 e. The summed E-state index contributed by atoms with van der Waals surface area (Å²) in [5.41, 5.74) is 0.525. The van der Waals surface area contributed by atoms with Crippen LogP contribution in [0.1, 0.15) is 23.2 Å². The van der Waals surface area contributed by atoms with Gasteiger partial charge in [0.15, 0.2) is 0 Å². The van der Waals surface area contributed by atoms with E-state index in [2.05, 4.69) is 4.98 Å². The van der Waals surface area contributed by atoms with Gasteiger partial charge in [-0.1, -0.05) is 0 Å². The lowest BCUT2D eigenvalue weighted by atomic mass is 10.1. The summed E-state index contributed by atoms with van der Waals surface area (Å²) in [5, 5.41) is 8.49. The number of alkyl halides is 2. The van der Waals surface area contributed by atoms with Crippen LogP contribution in [0.3, 0.4) is 0 Å². The number of ether oxygens (including phenoxy) is 1. The molecular formula is C10H10F2N2O. The molecule has 1 aromatic rings. The van der Waals surface area contributed by atoms with E-state index < -0.39 is 6.43 Å². The number of halogens is 2. The van der Waals surface area contributed by atoms with Crippen LogP contribution < -0.4 is 4.74 Å². The molecule has 3 nitrogen and oxygen atoms in total. The van der Waals surface area contributed by atoms with Crippen molar-refractivity contribution in [3.05, 3.63) is 22.9 Å². The van der Waals surface area contributed by atoms with Crippen LogP contribution in [0.2, 0.25) is 0 Å². The summed E-state index contributed by atoms with van der Waals surface area (Å²) in [7, 11) is 1.37. The lowest BCUT2D eigenvalue weighted by Crippen LogP contribution is -2.02. The number of hydrogen-bond acceptors (Lipinski definition) is 3. The van der Waals surface area contributed by atoms with Gasteiger partial charge >= 0.3 is 0 Å². The van der Waals surface area contributed by atoms with Crippen LogP contribution in [0, 0.1) is 18.3 Å². The minimum atomic E-state index is -2.69. The Morgan fingerprint density at radius 2 is 2.27 bits per heavy atom. The van der Waals surface area contributed by atoms with Gasteiger partial charge in [-0.3, -0.25) is 0 Å². The van der Waals surface area contributed by atoms with Crippen LogP contribution in [0.5, 0.6) is 5.88 Å². The number of aryl methyl sites for hydroxylation is 1. The fourth-order valence-corrected chi connectivity index (χ4v) is 1.29. The maximum absolute atomic E-state index is 12.6. The van der Waals surface area contributed by atoms with Gasteiger partial charge in [-0.25, -0.2) is 13.8 Å². The van der Waals surface area contributed by atoms with Gasteiger partial charge in [0.1, 0.15) is 5.69 Å². The number of nitriles is 1. The van der Waals surface area contributed by atoms with E-state index in [1.54, 1.807) is 6.92 Å². The van der Waals surface area contributed by atoms with Gasteiger partial charge in [-0.05, 0) is 18.6 Å². The standard InChI is InChI=1S/C10H10F2N2O/c1-6-5-7(3-4-13)8(9(11)12)14-10(6)15-2/h5,9H,3H2,1-2H3. The summed E-state index contributed by atoms with van der Waals surface area (Å²) >= 11 is 0. The van der Waals surface area contributed by atoms with Gasteiger partial charge < -0.3 is 4.74 Å². The van der Waals surface area contributed by atoms with Crippen LogP contribution >= 0.6 is 0 Å². The van der Waals surface area contributed by atoms with Gasteiger partial charge in [0.2, 0.25) is 5.88 Å². The monoisotopic (exact) mass is 212 g/mol. The van der Waals surface area contributed by atoms with Crippen molar-refractivity contribution in [3.63, 3.8) is 0 Å². The number of hydrogen-bond donors (Lipinski definition) is 0. The minimum Gasteiger partial charge on any atom is -0.481 e. The van der Waals surface area contributed by atoms with Crippen molar-refractivity contribution >= 4 is 0 Å². The number of aromatic nitrogens is 1. The summed E-state index contributed by atoms with van der Waals surface area (Å²) < 4.78 is 30.0. The minimum absolute atomic E-state index is 0.0719. The summed E-state index contributed by atoms with van der Waals surface area (Å²) in [4.78, 5) is 3.69. The van der Waals surface area contributed by atoms with Crippen LogP contribution in [-0.4, -0.2) is 12.1 Å². The topological polar surface area (TPSA) is 45.9 Å². The van der Waals surface area contributed by atoms with Crippen LogP contribution in [0.4, 0.5) is 8.78 Å². The molecule has 1 rings (SSSR count). The third-order valence-corrected chi connectivity index (χ3v) is 1.95. The largest absolute Gasteiger partial charge is 0.481 e. The molecule has 0 bridgehead atoms. The quantitative estimate of drug-likeness (QED) is 0.772. The summed E-state index contributed by atoms with van der Waals surface area (Å²) in [6, 6.07) is 3.34. The third-order valence-electron chi connectivity index (χ3n) is 1.95. The molecule has 0 aliphatic carbocycles. The van der Waals surface area contributed by atoms with E-state index >= 15 is 0 Å². The van der Waals surface area contributed by atoms with Crippen molar-refractivity contribution in [1.29, 1.82) is 5.26 Å². The van der Waals surface area contributed by atoms with E-state index in [0.29, 0.717) is 5.56 Å². The molecular weight excluding hydrogens is 202 g/mol. The Morgan fingerprint density at radius 3 is 2.73 bits per heavy atom. The highest BCUT2D eigenvalue weighted by molar-refractivity contribution is 5.35. The Bertz CT molecular complexity index is 399. The first-order valence-corrected chi connectivity index (χ1v) is 4.29. The fraction of sp³-hybridized carbons (Fsp3) is 0.400. The zero-order valence-electron chi connectivity index (χ0n) is 8.42. The number of methoxy groups -OCH3 is 1. The Labute approximate surface area is 86.3 Å². The van der Waals surface area contributed by atoms with E-state index in [9.17, 15) is 8.78 Å². The van der Waals surface area contributed by atoms with Crippen LogP contribution in [0.25, 0.3) is 0 Å². The second-order valence-electron chi connectivity index (χ2n) is 2.99. The third kappa shape index (κ3) is 2.40. The maximum Gasteiger partial charge on any atom is 0.280 e. The molecule has 0 atom stereocenters. The van der Waals surface area contributed by atoms with Crippen molar-refractivity contribution in [2.45, 2.75) is 19.8 Å². The Hall–Kier alpha value is -1.70. The van der Waals surface area contributed by atoms with Gasteiger partial charge in [-0.15, -0.1) is 0 Å². The maximum atomic E-state index is 12.6. The van der Waals surface area contributed by atoms with Crippen molar-refractivity contribution in [3.8, 4) is 11.9 Å². The van der Waals surface area contributed by atoms with E-state index in [1.165, 1.54) is 13.2 Å². The Kier molecular flexibility index (Phi) is 3.56. The molecule has 1 aromatic heterocycles. The molecule has 0 amide bonds. The normalized spacial score (nSPS) is 10.1. The Morgan fingerprint density at radius 1 is 1.60 bits per heavy atom. The average Bonchev–Trinajstić information content (AvgIpc) is 2.18. The molecule has 5 heteroatoms. The molecule has 1 heterocycles. The summed E-state index contributed by atoms with van der Waals surface area (Å²) in [6.45, 7) is 1.70.